The molecule has 3 heterocycles. The Morgan fingerprint density at radius 1 is 1.32 bits per heavy atom. The number of guanidine groups is 1. The summed E-state index contributed by atoms with van der Waals surface area (Å²) in [5, 5.41) is 0.608. The van der Waals surface area contributed by atoms with Gasteiger partial charge in [-0.2, -0.15) is 0 Å². The van der Waals surface area contributed by atoms with Gasteiger partial charge in [0.15, 0.2) is 0 Å². The number of rotatable bonds is 7. The maximum atomic E-state index is 13.4. The van der Waals surface area contributed by atoms with E-state index in [1.807, 2.05) is 11.8 Å². The zero-order valence-electron chi connectivity index (χ0n) is 18.0. The molecule has 11 heteroatoms. The second-order valence-corrected chi connectivity index (χ2v) is 8.88. The summed E-state index contributed by atoms with van der Waals surface area (Å²) in [5.41, 5.74) is 5.84. The predicted molar refractivity (Wildman–Crippen MR) is 121 cm³/mol. The second-order valence-electron chi connectivity index (χ2n) is 7.80. The summed E-state index contributed by atoms with van der Waals surface area (Å²) in [6.45, 7) is 4.68. The number of fused-ring (bicyclic) bond motifs is 1. The standard InChI is InChI=1S/C20H28N6O4S/c1-12-15(10-24-5-4-22-19(24)23-11-21)31-18-16(12)17(27)26(13-8-14(9-13)30-3)20(28)25(18)6-7-29-2/h11,13-14H,4-10H2,1-3H3,(H2,21,22,23). The van der Waals surface area contributed by atoms with E-state index in [4.69, 9.17) is 15.2 Å². The van der Waals surface area contributed by atoms with E-state index in [9.17, 15) is 9.59 Å². The van der Waals surface area contributed by atoms with Gasteiger partial charge in [0.25, 0.3) is 5.56 Å². The van der Waals surface area contributed by atoms with E-state index in [2.05, 4.69) is 9.98 Å². The molecule has 0 spiro atoms. The molecule has 168 valence electrons. The number of aryl methyl sites for hydroxylation is 1. The van der Waals surface area contributed by atoms with Crippen LogP contribution in [0.1, 0.15) is 29.3 Å². The Morgan fingerprint density at radius 3 is 2.77 bits per heavy atom. The molecule has 10 nitrogen and oxygen atoms in total. The Hall–Kier alpha value is -2.50. The third-order valence-electron chi connectivity index (χ3n) is 6.06. The minimum Gasteiger partial charge on any atom is -0.390 e. The summed E-state index contributed by atoms with van der Waals surface area (Å²) in [5.74, 6) is 0.591. The fourth-order valence-electron chi connectivity index (χ4n) is 4.19. The van der Waals surface area contributed by atoms with Crippen molar-refractivity contribution in [3.8, 4) is 0 Å². The minimum absolute atomic E-state index is 0.0922. The van der Waals surface area contributed by atoms with E-state index < -0.39 is 0 Å². The van der Waals surface area contributed by atoms with Crippen molar-refractivity contribution in [1.29, 1.82) is 0 Å². The highest BCUT2D eigenvalue weighted by atomic mass is 32.1. The SMILES string of the molecule is COCCn1c(=O)n(C2CC(OC)C2)c(=O)c2c(C)c(CN3CCN=C3N=CN)sc21. The predicted octanol–water partition coefficient (Wildman–Crippen LogP) is 0.688. The van der Waals surface area contributed by atoms with Gasteiger partial charge in [0, 0.05) is 31.7 Å². The van der Waals surface area contributed by atoms with Crippen LogP contribution in [0.4, 0.5) is 0 Å². The lowest BCUT2D eigenvalue weighted by molar-refractivity contribution is 0.00357. The number of nitrogens with zero attached hydrogens (tertiary/aromatic N) is 5. The van der Waals surface area contributed by atoms with E-state index in [0.717, 1.165) is 17.0 Å². The number of aromatic nitrogens is 2. The van der Waals surface area contributed by atoms with Gasteiger partial charge in [0.05, 0.1) is 44.1 Å². The highest BCUT2D eigenvalue weighted by Gasteiger charge is 2.34. The topological polar surface area (TPSA) is 116 Å². The fraction of sp³-hybridized carbons (Fsp3) is 0.600. The molecule has 1 aliphatic carbocycles. The highest BCUT2D eigenvalue weighted by Crippen LogP contribution is 2.34. The first-order chi connectivity index (χ1) is 15.0. The van der Waals surface area contributed by atoms with E-state index in [0.29, 0.717) is 55.3 Å². The van der Waals surface area contributed by atoms with Gasteiger partial charge in [0.1, 0.15) is 4.83 Å². The lowest BCUT2D eigenvalue weighted by atomic mass is 9.89. The third-order valence-corrected chi connectivity index (χ3v) is 7.36. The Kier molecular flexibility index (Phi) is 6.26. The average molecular weight is 449 g/mol. The summed E-state index contributed by atoms with van der Waals surface area (Å²) in [6.07, 6.45) is 2.67. The molecule has 2 N–H and O–H groups in total. The maximum Gasteiger partial charge on any atom is 0.332 e. The molecule has 0 aromatic carbocycles. The fourth-order valence-corrected chi connectivity index (χ4v) is 5.52. The first-order valence-corrected chi connectivity index (χ1v) is 11.1. The van der Waals surface area contributed by atoms with Crippen LogP contribution in [-0.4, -0.2) is 66.4 Å². The first kappa shape index (κ1) is 21.7. The Bertz CT molecular complexity index is 1140. The summed E-state index contributed by atoms with van der Waals surface area (Å²) >= 11 is 1.48. The van der Waals surface area contributed by atoms with Gasteiger partial charge in [-0.3, -0.25) is 13.9 Å². The summed E-state index contributed by atoms with van der Waals surface area (Å²) < 4.78 is 13.7. The molecule has 0 unspecified atom stereocenters. The highest BCUT2D eigenvalue weighted by molar-refractivity contribution is 7.18. The van der Waals surface area contributed by atoms with E-state index in [1.165, 1.54) is 22.2 Å². The van der Waals surface area contributed by atoms with Crippen LogP contribution < -0.4 is 17.0 Å². The molecule has 4 rings (SSSR count). The molecule has 1 saturated carbocycles. The number of ether oxygens (including phenoxy) is 2. The van der Waals surface area contributed by atoms with Crippen molar-refractivity contribution in [2.75, 3.05) is 33.9 Å². The Labute approximate surface area is 183 Å². The molecule has 2 aliphatic rings. The van der Waals surface area contributed by atoms with Crippen LogP contribution in [0.15, 0.2) is 19.6 Å². The van der Waals surface area contributed by atoms with Crippen LogP contribution >= 0.6 is 11.3 Å². The van der Waals surface area contributed by atoms with Crippen molar-refractivity contribution in [1.82, 2.24) is 14.0 Å². The number of thiophene rings is 1. The number of aliphatic imine (C=N–C) groups is 2. The molecular weight excluding hydrogens is 420 g/mol. The summed E-state index contributed by atoms with van der Waals surface area (Å²) in [7, 11) is 3.26. The van der Waals surface area contributed by atoms with Crippen LogP contribution in [0.2, 0.25) is 0 Å². The molecule has 0 bridgehead atoms. The molecular formula is C20H28N6O4S. The molecule has 1 aliphatic heterocycles. The molecule has 0 radical (unpaired) electrons. The quantitative estimate of drug-likeness (QED) is 0.492. The Balaban J connectivity index is 1.80. The summed E-state index contributed by atoms with van der Waals surface area (Å²) in [6, 6.07) is -0.137. The smallest absolute Gasteiger partial charge is 0.332 e. The van der Waals surface area contributed by atoms with Gasteiger partial charge in [-0.1, -0.05) is 0 Å². The zero-order chi connectivity index (χ0) is 22.1. The molecule has 2 aromatic rings. The van der Waals surface area contributed by atoms with Crippen LogP contribution in [-0.2, 0) is 22.6 Å². The van der Waals surface area contributed by atoms with Gasteiger partial charge in [-0.25, -0.2) is 14.8 Å². The van der Waals surface area contributed by atoms with E-state index in [-0.39, 0.29) is 23.4 Å². The minimum atomic E-state index is -0.280. The normalized spacial score (nSPS) is 21.3. The van der Waals surface area contributed by atoms with Crippen LogP contribution in [0.3, 0.4) is 0 Å². The lowest BCUT2D eigenvalue weighted by Gasteiger charge is -2.35. The van der Waals surface area contributed by atoms with Crippen molar-refractivity contribution in [2.24, 2.45) is 15.7 Å². The summed E-state index contributed by atoms with van der Waals surface area (Å²) in [4.78, 5) is 39.0. The van der Waals surface area contributed by atoms with Gasteiger partial charge in [0.2, 0.25) is 5.96 Å². The Morgan fingerprint density at radius 2 is 2.10 bits per heavy atom. The van der Waals surface area contributed by atoms with Crippen LogP contribution in [0.25, 0.3) is 10.2 Å². The van der Waals surface area contributed by atoms with E-state index in [1.54, 1.807) is 18.8 Å². The van der Waals surface area contributed by atoms with Crippen molar-refractivity contribution < 1.29 is 9.47 Å². The first-order valence-electron chi connectivity index (χ1n) is 10.3. The molecule has 0 atom stereocenters. The second kappa shape index (κ2) is 8.93. The van der Waals surface area contributed by atoms with Gasteiger partial charge >= 0.3 is 5.69 Å². The average Bonchev–Trinajstić information content (AvgIpc) is 3.28. The van der Waals surface area contributed by atoms with Gasteiger partial charge < -0.3 is 20.1 Å². The third kappa shape index (κ3) is 3.81. The van der Waals surface area contributed by atoms with Crippen molar-refractivity contribution >= 4 is 33.9 Å². The van der Waals surface area contributed by atoms with Crippen molar-refractivity contribution in [3.63, 3.8) is 0 Å². The number of methoxy groups -OCH3 is 2. The van der Waals surface area contributed by atoms with E-state index >= 15 is 0 Å². The largest absolute Gasteiger partial charge is 0.390 e. The lowest BCUT2D eigenvalue weighted by Crippen LogP contribution is -2.47. The number of hydrogen-bond acceptors (Lipinski definition) is 8. The number of nitrogens with two attached hydrogens (primary N) is 1. The van der Waals surface area contributed by atoms with Crippen LogP contribution in [0, 0.1) is 6.92 Å². The molecule has 1 fully saturated rings. The molecule has 2 aromatic heterocycles. The number of hydrogen-bond donors (Lipinski definition) is 1. The molecule has 0 saturated heterocycles. The monoisotopic (exact) mass is 448 g/mol. The maximum absolute atomic E-state index is 13.4. The molecule has 31 heavy (non-hydrogen) atoms. The molecule has 0 amide bonds. The van der Waals surface area contributed by atoms with Crippen molar-refractivity contribution in [2.45, 2.75) is 45.0 Å². The van der Waals surface area contributed by atoms with Gasteiger partial charge in [-0.05, 0) is 25.3 Å². The van der Waals surface area contributed by atoms with Crippen LogP contribution in [0.5, 0.6) is 0 Å². The van der Waals surface area contributed by atoms with Gasteiger partial charge in [-0.15, -0.1) is 11.3 Å². The zero-order valence-corrected chi connectivity index (χ0v) is 18.9. The van der Waals surface area contributed by atoms with Crippen molar-refractivity contribution in [3.05, 3.63) is 31.3 Å².